The molecule has 0 aliphatic heterocycles. The van der Waals surface area contributed by atoms with Crippen molar-refractivity contribution >= 4 is 35.4 Å². The maximum atomic E-state index is 13.0. The number of benzene rings is 1. The molecule has 0 spiro atoms. The third kappa shape index (κ3) is 6.74. The van der Waals surface area contributed by atoms with Crippen LogP contribution in [0.1, 0.15) is 26.3 Å². The zero-order chi connectivity index (χ0) is 23.0. The Morgan fingerprint density at radius 3 is 2.35 bits per heavy atom. The van der Waals surface area contributed by atoms with Gasteiger partial charge in [-0.15, -0.1) is 11.3 Å². The highest BCUT2D eigenvalue weighted by molar-refractivity contribution is 7.07. The summed E-state index contributed by atoms with van der Waals surface area (Å²) in [5, 5.41) is 0. The number of aromatic nitrogens is 1. The van der Waals surface area contributed by atoms with E-state index in [0.29, 0.717) is 18.7 Å². The zero-order valence-corrected chi connectivity index (χ0v) is 18.3. The minimum atomic E-state index is -2.93. The van der Waals surface area contributed by atoms with Crippen LogP contribution < -0.4 is 19.5 Å². The molecule has 31 heavy (non-hydrogen) atoms. The number of hydrogen-bond acceptors (Lipinski definition) is 6. The van der Waals surface area contributed by atoms with E-state index in [1.165, 1.54) is 34.9 Å². The van der Waals surface area contributed by atoms with Crippen LogP contribution in [0.4, 0.5) is 8.78 Å². The molecule has 2 rings (SSSR count). The Morgan fingerprint density at radius 2 is 1.81 bits per heavy atom. The van der Waals surface area contributed by atoms with Crippen LogP contribution in [0, 0.1) is 0 Å². The summed E-state index contributed by atoms with van der Waals surface area (Å²) in [6, 6.07) is 5.77. The second kappa shape index (κ2) is 11.4. The van der Waals surface area contributed by atoms with Gasteiger partial charge < -0.3 is 14.4 Å². The summed E-state index contributed by atoms with van der Waals surface area (Å²) in [5.74, 6) is -0.867. The van der Waals surface area contributed by atoms with Gasteiger partial charge in [0, 0.05) is 13.1 Å². The molecule has 0 unspecified atom stereocenters. The first-order chi connectivity index (χ1) is 14.8. The number of carbonyl (C=O) groups is 2. The van der Waals surface area contributed by atoms with Crippen LogP contribution in [-0.4, -0.2) is 47.7 Å². The van der Waals surface area contributed by atoms with Crippen molar-refractivity contribution in [3.8, 4) is 5.75 Å². The topological polar surface area (TPSA) is 77.8 Å². The summed E-state index contributed by atoms with van der Waals surface area (Å²) in [6.07, 6.45) is 2.74. The molecule has 0 aliphatic carbocycles. The lowest BCUT2D eigenvalue weighted by molar-refractivity contribution is -0.135. The number of likely N-dealkylation sites (N-methyl/N-ethyl adjacent to an activating group) is 1. The monoisotopic (exact) mass is 454 g/mol. The van der Waals surface area contributed by atoms with Crippen LogP contribution >= 0.6 is 11.3 Å². The van der Waals surface area contributed by atoms with Crippen molar-refractivity contribution in [2.45, 2.75) is 33.9 Å². The maximum absolute atomic E-state index is 13.0. The number of ether oxygens (including phenoxy) is 2. The number of alkyl halides is 2. The van der Waals surface area contributed by atoms with Crippen molar-refractivity contribution in [2.24, 2.45) is 0 Å². The van der Waals surface area contributed by atoms with E-state index in [1.807, 2.05) is 13.8 Å². The SMILES string of the molecule is CCOC(=O)/C=c1/s/c(=C/c2ccc(OC(F)F)cc2)c(=O)n1CC(=O)N(CC)CC. The first kappa shape index (κ1) is 24.3. The predicted molar refractivity (Wildman–Crippen MR) is 113 cm³/mol. The highest BCUT2D eigenvalue weighted by Gasteiger charge is 2.15. The molecule has 0 saturated heterocycles. The van der Waals surface area contributed by atoms with Crippen molar-refractivity contribution in [1.82, 2.24) is 9.47 Å². The van der Waals surface area contributed by atoms with Gasteiger partial charge in [-0.3, -0.25) is 14.2 Å². The molecule has 1 aromatic carbocycles. The molecule has 0 aliphatic rings. The third-order valence-corrected chi connectivity index (χ3v) is 5.34. The van der Waals surface area contributed by atoms with E-state index in [1.54, 1.807) is 17.9 Å². The van der Waals surface area contributed by atoms with Gasteiger partial charge in [-0.2, -0.15) is 8.78 Å². The first-order valence-corrected chi connectivity index (χ1v) is 10.5. The number of carbonyl (C=O) groups excluding carboxylic acids is 2. The minimum Gasteiger partial charge on any atom is -0.463 e. The highest BCUT2D eigenvalue weighted by atomic mass is 32.1. The molecule has 168 valence electrons. The molecule has 0 atom stereocenters. The quantitative estimate of drug-likeness (QED) is 0.538. The lowest BCUT2D eigenvalue weighted by Gasteiger charge is -2.18. The van der Waals surface area contributed by atoms with E-state index in [-0.39, 0.29) is 34.0 Å². The van der Waals surface area contributed by atoms with E-state index in [9.17, 15) is 23.2 Å². The molecule has 0 saturated carbocycles. The third-order valence-electron chi connectivity index (χ3n) is 4.28. The van der Waals surface area contributed by atoms with E-state index in [4.69, 9.17) is 4.74 Å². The molecule has 1 heterocycles. The Bertz CT molecular complexity index is 1070. The first-order valence-electron chi connectivity index (χ1n) is 9.71. The van der Waals surface area contributed by atoms with Crippen molar-refractivity contribution in [2.75, 3.05) is 19.7 Å². The summed E-state index contributed by atoms with van der Waals surface area (Å²) in [7, 11) is 0. The van der Waals surface area contributed by atoms with Crippen molar-refractivity contribution in [3.63, 3.8) is 0 Å². The normalized spacial score (nSPS) is 12.3. The number of hydrogen-bond donors (Lipinski definition) is 0. The predicted octanol–water partition coefficient (Wildman–Crippen LogP) is 1.55. The van der Waals surface area contributed by atoms with Gasteiger partial charge in [0.15, 0.2) is 0 Å². The number of halogens is 2. The molecule has 0 fully saturated rings. The minimum absolute atomic E-state index is 0.00288. The zero-order valence-electron chi connectivity index (χ0n) is 17.5. The summed E-state index contributed by atoms with van der Waals surface area (Å²) < 4.78 is 35.6. The fourth-order valence-corrected chi connectivity index (χ4v) is 3.82. The number of nitrogens with zero attached hydrogens (tertiary/aromatic N) is 2. The van der Waals surface area contributed by atoms with E-state index >= 15 is 0 Å². The van der Waals surface area contributed by atoms with E-state index in [0.717, 1.165) is 11.3 Å². The van der Waals surface area contributed by atoms with Crippen LogP contribution in [0.5, 0.6) is 5.75 Å². The maximum Gasteiger partial charge on any atom is 0.387 e. The van der Waals surface area contributed by atoms with Crippen LogP contribution in [-0.2, 0) is 20.9 Å². The summed E-state index contributed by atoms with van der Waals surface area (Å²) in [5.41, 5.74) is 0.138. The Morgan fingerprint density at radius 1 is 1.16 bits per heavy atom. The Balaban J connectivity index is 2.50. The van der Waals surface area contributed by atoms with Crippen LogP contribution in [0.2, 0.25) is 0 Å². The average Bonchev–Trinajstić information content (AvgIpc) is 2.99. The number of amides is 1. The molecule has 1 amide bonds. The molecular formula is C21H24F2N2O5S. The molecule has 10 heteroatoms. The molecule has 0 bridgehead atoms. The molecule has 2 aromatic rings. The summed E-state index contributed by atoms with van der Waals surface area (Å²) in [6.45, 7) is 3.37. The molecule has 0 radical (unpaired) electrons. The molecule has 7 nitrogen and oxygen atoms in total. The van der Waals surface area contributed by atoms with Gasteiger partial charge in [0.25, 0.3) is 5.56 Å². The van der Waals surface area contributed by atoms with E-state index in [2.05, 4.69) is 4.74 Å². The Hall–Kier alpha value is -3.01. The lowest BCUT2D eigenvalue weighted by atomic mass is 10.2. The Labute approximate surface area is 181 Å². The van der Waals surface area contributed by atoms with Gasteiger partial charge in [-0.25, -0.2) is 4.79 Å². The Kier molecular flexibility index (Phi) is 8.92. The number of thiazole rings is 1. The van der Waals surface area contributed by atoms with Crippen LogP contribution in [0.25, 0.3) is 12.2 Å². The van der Waals surface area contributed by atoms with Crippen LogP contribution in [0.3, 0.4) is 0 Å². The molecule has 1 aromatic heterocycles. The second-order valence-electron chi connectivity index (χ2n) is 6.25. The highest BCUT2D eigenvalue weighted by Crippen LogP contribution is 2.15. The largest absolute Gasteiger partial charge is 0.463 e. The van der Waals surface area contributed by atoms with Crippen molar-refractivity contribution in [3.05, 3.63) is 49.4 Å². The van der Waals surface area contributed by atoms with Crippen molar-refractivity contribution in [1.29, 1.82) is 0 Å². The number of esters is 1. The fourth-order valence-electron chi connectivity index (χ4n) is 2.79. The van der Waals surface area contributed by atoms with E-state index < -0.39 is 18.1 Å². The average molecular weight is 454 g/mol. The van der Waals surface area contributed by atoms with Gasteiger partial charge in [-0.1, -0.05) is 12.1 Å². The summed E-state index contributed by atoms with van der Waals surface area (Å²) in [4.78, 5) is 39.0. The van der Waals surface area contributed by atoms with Crippen LogP contribution in [0.15, 0.2) is 29.1 Å². The lowest BCUT2D eigenvalue weighted by Crippen LogP contribution is -2.40. The van der Waals surface area contributed by atoms with Crippen molar-refractivity contribution < 1.29 is 27.8 Å². The van der Waals surface area contributed by atoms with Gasteiger partial charge >= 0.3 is 12.6 Å². The molecular weight excluding hydrogens is 430 g/mol. The van der Waals surface area contributed by atoms with Gasteiger partial charge in [-0.05, 0) is 44.5 Å². The molecule has 0 N–H and O–H groups in total. The second-order valence-corrected chi connectivity index (χ2v) is 7.31. The smallest absolute Gasteiger partial charge is 0.387 e. The number of rotatable bonds is 9. The van der Waals surface area contributed by atoms with Gasteiger partial charge in [0.05, 0.1) is 17.2 Å². The fraction of sp³-hybridized carbons (Fsp3) is 0.381. The van der Waals surface area contributed by atoms with Gasteiger partial charge in [0.1, 0.15) is 17.0 Å². The standard InChI is InChI=1S/C21H24F2N2O5S/c1-4-24(5-2)17(26)13-25-18(12-19(27)29-6-3)31-16(20(25)28)11-14-7-9-15(10-8-14)30-21(22)23/h7-12,21H,4-6,13H2,1-3H3/b16-11+,18-12+. The summed E-state index contributed by atoms with van der Waals surface area (Å²) >= 11 is 1.04. The van der Waals surface area contributed by atoms with Gasteiger partial charge in [0.2, 0.25) is 5.91 Å².